The number of carbonyl (C=O) groups excluding carboxylic acids is 3. The monoisotopic (exact) mass is 380 g/mol. The highest BCUT2D eigenvalue weighted by atomic mass is 16.2. The third-order valence-electron chi connectivity index (χ3n) is 5.14. The number of amides is 2. The van der Waals surface area contributed by atoms with Gasteiger partial charge in [-0.25, -0.2) is 16.1 Å². The van der Waals surface area contributed by atoms with E-state index in [0.29, 0.717) is 28.8 Å². The average Bonchev–Trinajstić information content (AvgIpc) is 2.71. The number of rotatable bonds is 6. The van der Waals surface area contributed by atoms with E-state index in [1.165, 1.54) is 0 Å². The van der Waals surface area contributed by atoms with Gasteiger partial charge in [0.05, 0.1) is 0 Å². The van der Waals surface area contributed by atoms with Crippen LogP contribution in [0.4, 0.5) is 4.79 Å². The van der Waals surface area contributed by atoms with Gasteiger partial charge >= 0.3 is 6.03 Å². The summed E-state index contributed by atoms with van der Waals surface area (Å²) in [5.41, 5.74) is 9.83. The summed E-state index contributed by atoms with van der Waals surface area (Å²) in [7, 11) is 0. The molecule has 7 heteroatoms. The minimum atomic E-state index is -0.502. The van der Waals surface area contributed by atoms with E-state index in [0.717, 1.165) is 18.4 Å². The van der Waals surface area contributed by atoms with Crippen LogP contribution in [0.15, 0.2) is 42.5 Å². The number of hydrogen-bond acceptors (Lipinski definition) is 5. The molecule has 28 heavy (non-hydrogen) atoms. The molecule has 2 aromatic rings. The molecule has 0 spiro atoms. The Morgan fingerprint density at radius 3 is 2.21 bits per heavy atom. The van der Waals surface area contributed by atoms with Crippen molar-refractivity contribution in [2.45, 2.75) is 32.1 Å². The van der Waals surface area contributed by atoms with Crippen molar-refractivity contribution in [3.8, 4) is 0 Å². The van der Waals surface area contributed by atoms with Gasteiger partial charge < -0.3 is 0 Å². The molecule has 0 heterocycles. The van der Waals surface area contributed by atoms with Crippen LogP contribution >= 0.6 is 0 Å². The zero-order valence-electron chi connectivity index (χ0n) is 16.0. The lowest BCUT2D eigenvalue weighted by Gasteiger charge is -2.27. The van der Waals surface area contributed by atoms with Crippen LogP contribution in [-0.4, -0.2) is 24.1 Å². The van der Waals surface area contributed by atoms with E-state index < -0.39 is 6.03 Å². The summed E-state index contributed by atoms with van der Waals surface area (Å²) in [5.74, 6) is 4.77. The number of benzene rings is 2. The van der Waals surface area contributed by atoms with E-state index in [1.54, 1.807) is 30.3 Å². The molecule has 0 saturated heterocycles. The first-order chi connectivity index (χ1) is 13.3. The molecule has 1 aliphatic carbocycles. The first kappa shape index (κ1) is 19.7. The zero-order valence-corrected chi connectivity index (χ0v) is 16.0. The predicted molar refractivity (Wildman–Crippen MR) is 106 cm³/mol. The summed E-state index contributed by atoms with van der Waals surface area (Å²) < 4.78 is 0. The smallest absolute Gasteiger partial charge is 0.289 e. The third-order valence-corrected chi connectivity index (χ3v) is 5.14. The molecule has 0 radical (unpaired) electrons. The lowest BCUT2D eigenvalue weighted by Crippen LogP contribution is -2.47. The molecule has 0 unspecified atom stereocenters. The molecular weight excluding hydrogens is 356 g/mol. The number of fused-ring (bicyclic) bond motifs is 2. The normalized spacial score (nSPS) is 13.0. The maximum atomic E-state index is 12.9. The van der Waals surface area contributed by atoms with E-state index in [2.05, 4.69) is 24.7 Å². The fraction of sp³-hybridized carbons (Fsp3) is 0.286. The molecule has 0 aliphatic heterocycles. The minimum absolute atomic E-state index is 0.108. The van der Waals surface area contributed by atoms with Crippen LogP contribution in [-0.2, 0) is 5.41 Å². The standard InChI is InChI=1S/C21H24N4O3/c1-21(2,10-5-11-23-25-20(28)24-22)13-8-9-16-17(12-13)19(27)15-7-4-3-6-14(15)18(16)26/h3-4,6-9,12,23H,5,10-11,22H2,1-2H3,(H2,24,25,28). The van der Waals surface area contributed by atoms with Crippen molar-refractivity contribution in [3.63, 3.8) is 0 Å². The van der Waals surface area contributed by atoms with E-state index >= 15 is 0 Å². The molecule has 0 saturated carbocycles. The average molecular weight is 380 g/mol. The van der Waals surface area contributed by atoms with Gasteiger partial charge in [-0.3, -0.25) is 20.4 Å². The van der Waals surface area contributed by atoms with E-state index in [9.17, 15) is 14.4 Å². The van der Waals surface area contributed by atoms with E-state index in [4.69, 9.17) is 5.84 Å². The van der Waals surface area contributed by atoms with Crippen molar-refractivity contribution in [3.05, 3.63) is 70.3 Å². The summed E-state index contributed by atoms with van der Waals surface area (Å²) in [5, 5.41) is 0. The quantitative estimate of drug-likeness (QED) is 0.227. The van der Waals surface area contributed by atoms with Crippen molar-refractivity contribution < 1.29 is 14.4 Å². The lowest BCUT2D eigenvalue weighted by atomic mass is 9.76. The van der Waals surface area contributed by atoms with Gasteiger partial charge in [-0.2, -0.15) is 0 Å². The Bertz CT molecular complexity index is 937. The maximum absolute atomic E-state index is 12.9. The molecule has 0 fully saturated rings. The number of hydrogen-bond donors (Lipinski definition) is 4. The lowest BCUT2D eigenvalue weighted by molar-refractivity contribution is 0.0979. The van der Waals surface area contributed by atoms with Crippen LogP contribution < -0.4 is 22.1 Å². The second kappa shape index (κ2) is 7.92. The first-order valence-corrected chi connectivity index (χ1v) is 9.17. The zero-order chi connectivity index (χ0) is 20.3. The van der Waals surface area contributed by atoms with Gasteiger partial charge in [0.25, 0.3) is 0 Å². The summed E-state index contributed by atoms with van der Waals surface area (Å²) in [4.78, 5) is 36.6. The molecular formula is C21H24N4O3. The Balaban J connectivity index is 1.75. The molecule has 1 aliphatic rings. The topological polar surface area (TPSA) is 113 Å². The van der Waals surface area contributed by atoms with Gasteiger partial charge in [0.1, 0.15) is 0 Å². The van der Waals surface area contributed by atoms with Crippen LogP contribution in [0.3, 0.4) is 0 Å². The SMILES string of the molecule is CC(C)(CCCNNC(=O)NN)c1ccc2c(c1)C(=O)c1ccccc1C2=O. The van der Waals surface area contributed by atoms with Crippen LogP contribution in [0.5, 0.6) is 0 Å². The number of hydrazine groups is 2. The molecule has 0 bridgehead atoms. The van der Waals surface area contributed by atoms with Crippen LogP contribution in [0.25, 0.3) is 0 Å². The largest absolute Gasteiger partial charge is 0.343 e. The predicted octanol–water partition coefficient (Wildman–Crippen LogP) is 2.20. The fourth-order valence-corrected chi connectivity index (χ4v) is 3.46. The van der Waals surface area contributed by atoms with Crippen molar-refractivity contribution in [2.24, 2.45) is 5.84 Å². The van der Waals surface area contributed by atoms with Gasteiger partial charge in [0.15, 0.2) is 11.6 Å². The molecule has 2 aromatic carbocycles. The maximum Gasteiger partial charge on any atom is 0.343 e. The highest BCUT2D eigenvalue weighted by Gasteiger charge is 2.31. The summed E-state index contributed by atoms with van der Waals surface area (Å²) >= 11 is 0. The molecule has 0 atom stereocenters. The molecule has 146 valence electrons. The fourth-order valence-electron chi connectivity index (χ4n) is 3.46. The third kappa shape index (κ3) is 3.81. The molecule has 5 N–H and O–H groups in total. The molecule has 3 rings (SSSR count). The van der Waals surface area contributed by atoms with E-state index in [1.807, 2.05) is 17.6 Å². The van der Waals surface area contributed by atoms with Crippen molar-refractivity contribution in [2.75, 3.05) is 6.54 Å². The number of nitrogens with one attached hydrogen (secondary N) is 3. The highest BCUT2D eigenvalue weighted by molar-refractivity contribution is 6.28. The number of nitrogens with two attached hydrogens (primary N) is 1. The van der Waals surface area contributed by atoms with Gasteiger partial charge in [-0.05, 0) is 36.0 Å². The number of urea groups is 1. The van der Waals surface area contributed by atoms with Crippen LogP contribution in [0.2, 0.25) is 0 Å². The number of carbonyl (C=O) groups is 3. The van der Waals surface area contributed by atoms with Crippen LogP contribution in [0, 0.1) is 0 Å². The Morgan fingerprint density at radius 2 is 1.57 bits per heavy atom. The second-order valence-electron chi connectivity index (χ2n) is 7.48. The first-order valence-electron chi connectivity index (χ1n) is 9.17. The van der Waals surface area contributed by atoms with Crippen molar-refractivity contribution in [1.82, 2.24) is 16.3 Å². The van der Waals surface area contributed by atoms with E-state index in [-0.39, 0.29) is 17.0 Å². The summed E-state index contributed by atoms with van der Waals surface area (Å²) in [6.45, 7) is 4.77. The second-order valence-corrected chi connectivity index (χ2v) is 7.48. The molecule has 2 amide bonds. The van der Waals surface area contributed by atoms with Gasteiger partial charge in [-0.1, -0.05) is 44.2 Å². The van der Waals surface area contributed by atoms with Gasteiger partial charge in [0, 0.05) is 28.8 Å². The Morgan fingerprint density at radius 1 is 0.964 bits per heavy atom. The van der Waals surface area contributed by atoms with Gasteiger partial charge in [0.2, 0.25) is 0 Å². The minimum Gasteiger partial charge on any atom is -0.289 e. The molecule has 7 nitrogen and oxygen atoms in total. The Kier molecular flexibility index (Phi) is 5.58. The van der Waals surface area contributed by atoms with Gasteiger partial charge in [-0.15, -0.1) is 0 Å². The Hall–Kier alpha value is -3.03. The van der Waals surface area contributed by atoms with Crippen molar-refractivity contribution in [1.29, 1.82) is 0 Å². The van der Waals surface area contributed by atoms with Crippen molar-refractivity contribution >= 4 is 17.6 Å². The van der Waals surface area contributed by atoms with Crippen LogP contribution in [0.1, 0.15) is 64.1 Å². The number of ketones is 2. The summed E-state index contributed by atoms with van der Waals surface area (Å²) in [6, 6.07) is 12.0. The Labute approximate surface area is 163 Å². The highest BCUT2D eigenvalue weighted by Crippen LogP contribution is 2.33. The molecule has 0 aromatic heterocycles. The summed E-state index contributed by atoms with van der Waals surface area (Å²) in [6.07, 6.45) is 1.62.